The maximum absolute atomic E-state index is 13.4. The standard InChI is InChI=1S/C26H30F2N8O3/c1-33(2)12-13-34(3)19-15-21(39-24(27)28)17(14-20(19)36(37)38)31-25-30-11-7-22(32-25)35-16-26(8-5-9-26)23-18(35)6-4-10-29-23/h4,6-7,10-11,14-15,24H,5,8-9,12-13,16H2,1-3H3,(H,30,31,32). The van der Waals surface area contributed by atoms with Crippen LogP contribution in [0.1, 0.15) is 25.0 Å². The molecule has 39 heavy (non-hydrogen) atoms. The molecule has 1 spiro atoms. The van der Waals surface area contributed by atoms with Crippen LogP contribution in [0.15, 0.2) is 42.7 Å². The maximum Gasteiger partial charge on any atom is 0.387 e. The van der Waals surface area contributed by atoms with Crippen molar-refractivity contribution < 1.29 is 18.4 Å². The molecule has 0 radical (unpaired) electrons. The van der Waals surface area contributed by atoms with E-state index in [-0.39, 0.29) is 34.2 Å². The normalized spacial score (nSPS) is 15.4. The van der Waals surface area contributed by atoms with Crippen molar-refractivity contribution in [1.29, 1.82) is 0 Å². The van der Waals surface area contributed by atoms with Crippen LogP contribution in [-0.4, -0.2) is 72.2 Å². The van der Waals surface area contributed by atoms with E-state index in [1.807, 2.05) is 31.1 Å². The summed E-state index contributed by atoms with van der Waals surface area (Å²) in [5.41, 5.74) is 1.89. The van der Waals surface area contributed by atoms with Gasteiger partial charge in [0.1, 0.15) is 11.5 Å². The van der Waals surface area contributed by atoms with Gasteiger partial charge in [-0.3, -0.25) is 15.1 Å². The second kappa shape index (κ2) is 10.6. The number of halogens is 2. The number of hydrogen-bond donors (Lipinski definition) is 1. The lowest BCUT2D eigenvalue weighted by atomic mass is 9.67. The summed E-state index contributed by atoms with van der Waals surface area (Å²) >= 11 is 0. The minimum Gasteiger partial charge on any atom is -0.433 e. The number of nitro groups is 1. The molecule has 11 nitrogen and oxygen atoms in total. The average Bonchev–Trinajstić information content (AvgIpc) is 3.24. The Morgan fingerprint density at radius 2 is 1.97 bits per heavy atom. The molecule has 0 amide bonds. The Morgan fingerprint density at radius 1 is 1.18 bits per heavy atom. The van der Waals surface area contributed by atoms with Crippen LogP contribution in [0.4, 0.5) is 43.3 Å². The van der Waals surface area contributed by atoms with Gasteiger partial charge in [0.25, 0.3) is 5.69 Å². The number of likely N-dealkylation sites (N-methyl/N-ethyl adjacent to an activating group) is 2. The number of aromatic nitrogens is 3. The molecule has 2 aromatic heterocycles. The summed E-state index contributed by atoms with van der Waals surface area (Å²) in [5.74, 6) is 0.450. The number of benzene rings is 1. The molecular weight excluding hydrogens is 510 g/mol. The topological polar surface area (TPSA) is 113 Å². The van der Waals surface area contributed by atoms with Crippen molar-refractivity contribution in [2.75, 3.05) is 55.9 Å². The van der Waals surface area contributed by atoms with Gasteiger partial charge in [-0.05, 0) is 45.1 Å². The van der Waals surface area contributed by atoms with Crippen LogP contribution in [0.25, 0.3) is 0 Å². The molecule has 0 atom stereocenters. The molecule has 0 unspecified atom stereocenters. The van der Waals surface area contributed by atoms with Crippen molar-refractivity contribution in [1.82, 2.24) is 19.9 Å². The SMILES string of the molecule is CN(C)CCN(C)c1cc(OC(F)F)c(Nc2nccc(N3CC4(CCC4)c4ncccc43)n2)cc1[N+](=O)[O-]. The summed E-state index contributed by atoms with van der Waals surface area (Å²) in [4.78, 5) is 30.5. The molecule has 1 aromatic carbocycles. The van der Waals surface area contributed by atoms with E-state index in [4.69, 9.17) is 4.74 Å². The molecule has 1 saturated carbocycles. The van der Waals surface area contributed by atoms with E-state index >= 15 is 0 Å². The number of anilines is 5. The van der Waals surface area contributed by atoms with Crippen LogP contribution in [0.3, 0.4) is 0 Å². The van der Waals surface area contributed by atoms with Gasteiger partial charge < -0.3 is 24.8 Å². The number of hydrogen-bond acceptors (Lipinski definition) is 10. The first-order valence-corrected chi connectivity index (χ1v) is 12.6. The molecule has 5 rings (SSSR count). The molecule has 1 fully saturated rings. The zero-order chi connectivity index (χ0) is 27.7. The summed E-state index contributed by atoms with van der Waals surface area (Å²) in [6, 6.07) is 8.08. The van der Waals surface area contributed by atoms with E-state index < -0.39 is 11.5 Å². The third kappa shape index (κ3) is 5.26. The summed E-state index contributed by atoms with van der Waals surface area (Å²) in [6.07, 6.45) is 6.60. The number of nitrogens with zero attached hydrogens (tertiary/aromatic N) is 7. The molecule has 1 aliphatic carbocycles. The van der Waals surface area contributed by atoms with Gasteiger partial charge in [-0.1, -0.05) is 6.42 Å². The van der Waals surface area contributed by atoms with Crippen molar-refractivity contribution >= 4 is 34.5 Å². The first-order chi connectivity index (χ1) is 18.7. The van der Waals surface area contributed by atoms with Crippen molar-refractivity contribution in [2.45, 2.75) is 31.3 Å². The fourth-order valence-corrected chi connectivity index (χ4v) is 5.14. The third-order valence-electron chi connectivity index (χ3n) is 7.30. The van der Waals surface area contributed by atoms with Crippen LogP contribution in [0, 0.1) is 10.1 Å². The third-order valence-corrected chi connectivity index (χ3v) is 7.30. The first-order valence-electron chi connectivity index (χ1n) is 12.6. The molecule has 1 N–H and O–H groups in total. The zero-order valence-corrected chi connectivity index (χ0v) is 22.0. The lowest BCUT2D eigenvalue weighted by Gasteiger charge is -2.38. The van der Waals surface area contributed by atoms with E-state index in [0.717, 1.165) is 37.2 Å². The monoisotopic (exact) mass is 540 g/mol. The number of fused-ring (bicyclic) bond motifs is 2. The van der Waals surface area contributed by atoms with Crippen molar-refractivity contribution in [3.63, 3.8) is 0 Å². The summed E-state index contributed by atoms with van der Waals surface area (Å²) in [7, 11) is 5.41. The van der Waals surface area contributed by atoms with Gasteiger partial charge in [0, 0.05) is 56.6 Å². The van der Waals surface area contributed by atoms with E-state index in [9.17, 15) is 18.9 Å². The number of rotatable bonds is 10. The predicted octanol–water partition coefficient (Wildman–Crippen LogP) is 4.70. The number of pyridine rings is 1. The Balaban J connectivity index is 1.48. The Morgan fingerprint density at radius 3 is 2.64 bits per heavy atom. The van der Waals surface area contributed by atoms with E-state index in [2.05, 4.69) is 25.2 Å². The van der Waals surface area contributed by atoms with Gasteiger partial charge in [0.15, 0.2) is 5.75 Å². The molecule has 0 bridgehead atoms. The van der Waals surface area contributed by atoms with E-state index in [0.29, 0.717) is 18.9 Å². The highest BCUT2D eigenvalue weighted by Crippen LogP contribution is 2.53. The van der Waals surface area contributed by atoms with Gasteiger partial charge in [-0.25, -0.2) is 4.98 Å². The highest BCUT2D eigenvalue weighted by atomic mass is 19.3. The zero-order valence-electron chi connectivity index (χ0n) is 22.0. The van der Waals surface area contributed by atoms with Gasteiger partial charge in [0.05, 0.1) is 22.0 Å². The van der Waals surface area contributed by atoms with Crippen LogP contribution < -0.4 is 19.9 Å². The summed E-state index contributed by atoms with van der Waals surface area (Å²) in [6.45, 7) is -1.36. The maximum atomic E-state index is 13.4. The van der Waals surface area contributed by atoms with Crippen molar-refractivity contribution in [3.8, 4) is 5.75 Å². The van der Waals surface area contributed by atoms with Gasteiger partial charge in [-0.15, -0.1) is 0 Å². The van der Waals surface area contributed by atoms with Crippen LogP contribution in [0.5, 0.6) is 5.75 Å². The Hall–Kier alpha value is -4.13. The molecule has 1 aliphatic heterocycles. The average molecular weight is 541 g/mol. The van der Waals surface area contributed by atoms with Crippen LogP contribution in [0.2, 0.25) is 0 Å². The minimum atomic E-state index is -3.13. The second-order valence-corrected chi connectivity index (χ2v) is 10.2. The molecular formula is C26H30F2N8O3. The molecule has 13 heteroatoms. The smallest absolute Gasteiger partial charge is 0.387 e. The molecule has 3 heterocycles. The lowest BCUT2D eigenvalue weighted by molar-refractivity contribution is -0.384. The Labute approximate surface area is 224 Å². The summed E-state index contributed by atoms with van der Waals surface area (Å²) < 4.78 is 31.5. The minimum absolute atomic E-state index is 0.00244. The fourth-order valence-electron chi connectivity index (χ4n) is 5.14. The number of nitro benzene ring substituents is 1. The van der Waals surface area contributed by atoms with Crippen molar-refractivity contribution in [3.05, 3.63) is 58.5 Å². The number of ether oxygens (including phenoxy) is 1. The predicted molar refractivity (Wildman–Crippen MR) is 144 cm³/mol. The van der Waals surface area contributed by atoms with Crippen LogP contribution in [-0.2, 0) is 5.41 Å². The van der Waals surface area contributed by atoms with Gasteiger partial charge >= 0.3 is 6.61 Å². The molecule has 206 valence electrons. The molecule has 0 saturated heterocycles. The number of nitrogens with one attached hydrogen (secondary N) is 1. The van der Waals surface area contributed by atoms with E-state index in [1.165, 1.54) is 12.1 Å². The quantitative estimate of drug-likeness (QED) is 0.287. The Bertz CT molecular complexity index is 1370. The molecule has 3 aromatic rings. The van der Waals surface area contributed by atoms with E-state index in [1.54, 1.807) is 30.4 Å². The molecule has 2 aliphatic rings. The van der Waals surface area contributed by atoms with Gasteiger partial charge in [-0.2, -0.15) is 13.8 Å². The highest BCUT2D eigenvalue weighted by molar-refractivity contribution is 5.77. The fraction of sp³-hybridized carbons (Fsp3) is 0.423. The lowest BCUT2D eigenvalue weighted by Crippen LogP contribution is -2.38. The highest BCUT2D eigenvalue weighted by Gasteiger charge is 2.48. The largest absolute Gasteiger partial charge is 0.433 e. The van der Waals surface area contributed by atoms with Crippen LogP contribution >= 0.6 is 0 Å². The Kier molecular flexibility index (Phi) is 7.17. The van der Waals surface area contributed by atoms with Gasteiger partial charge in [0.2, 0.25) is 5.95 Å². The van der Waals surface area contributed by atoms with Crippen molar-refractivity contribution in [2.24, 2.45) is 0 Å². The first kappa shape index (κ1) is 26.5. The number of alkyl halides is 2. The second-order valence-electron chi connectivity index (χ2n) is 10.2. The summed E-state index contributed by atoms with van der Waals surface area (Å²) in [5, 5.41) is 14.8.